The number of aliphatic hydroxyl groups excluding tert-OH is 1. The summed E-state index contributed by atoms with van der Waals surface area (Å²) in [5, 5.41) is 15.8. The van der Waals surface area contributed by atoms with Gasteiger partial charge in [0.1, 0.15) is 5.82 Å². The lowest BCUT2D eigenvalue weighted by atomic mass is 10.0. The van der Waals surface area contributed by atoms with Crippen molar-refractivity contribution < 1.29 is 14.3 Å². The highest BCUT2D eigenvalue weighted by atomic mass is 19.1. The highest BCUT2D eigenvalue weighted by Crippen LogP contribution is 2.41. The fourth-order valence-corrected chi connectivity index (χ4v) is 2.89. The number of rotatable bonds is 6. The molecule has 132 valence electrons. The minimum Gasteiger partial charge on any atom is -0.387 e. The van der Waals surface area contributed by atoms with E-state index in [9.17, 15) is 14.3 Å². The first-order valence-electron chi connectivity index (χ1n) is 8.57. The van der Waals surface area contributed by atoms with E-state index in [-0.39, 0.29) is 18.6 Å². The summed E-state index contributed by atoms with van der Waals surface area (Å²) < 4.78 is 13.2. The van der Waals surface area contributed by atoms with Crippen LogP contribution >= 0.6 is 0 Å². The van der Waals surface area contributed by atoms with Gasteiger partial charge in [0.25, 0.3) is 0 Å². The fourth-order valence-electron chi connectivity index (χ4n) is 2.89. The highest BCUT2D eigenvalue weighted by Gasteiger charge is 2.33. The highest BCUT2D eigenvalue weighted by molar-refractivity contribution is 5.74. The van der Waals surface area contributed by atoms with Gasteiger partial charge in [0.2, 0.25) is 0 Å². The molecule has 0 aliphatic heterocycles. The van der Waals surface area contributed by atoms with Gasteiger partial charge in [-0.1, -0.05) is 42.0 Å². The average Bonchev–Trinajstić information content (AvgIpc) is 3.43. The van der Waals surface area contributed by atoms with Crippen molar-refractivity contribution in [3.8, 4) is 0 Å². The van der Waals surface area contributed by atoms with Crippen LogP contribution in [0.3, 0.4) is 0 Å². The quantitative estimate of drug-likeness (QED) is 0.751. The molecule has 0 saturated heterocycles. The monoisotopic (exact) mass is 342 g/mol. The number of carbonyl (C=O) groups excluding carboxylic acids is 1. The van der Waals surface area contributed by atoms with E-state index in [0.29, 0.717) is 11.5 Å². The van der Waals surface area contributed by atoms with Gasteiger partial charge < -0.3 is 15.7 Å². The van der Waals surface area contributed by atoms with Crippen molar-refractivity contribution in [1.29, 1.82) is 0 Å². The van der Waals surface area contributed by atoms with Crippen LogP contribution < -0.4 is 10.6 Å². The third-order valence-electron chi connectivity index (χ3n) is 4.51. The Hall–Kier alpha value is -2.40. The van der Waals surface area contributed by atoms with Crippen LogP contribution in [0.1, 0.15) is 41.7 Å². The van der Waals surface area contributed by atoms with E-state index in [1.165, 1.54) is 23.8 Å². The molecule has 25 heavy (non-hydrogen) atoms. The van der Waals surface area contributed by atoms with E-state index < -0.39 is 11.9 Å². The second kappa shape index (κ2) is 7.66. The summed E-state index contributed by atoms with van der Waals surface area (Å²) in [4.78, 5) is 12.2. The molecule has 1 aliphatic rings. The van der Waals surface area contributed by atoms with Crippen LogP contribution in [0.15, 0.2) is 48.5 Å². The van der Waals surface area contributed by atoms with Crippen LogP contribution in [0.4, 0.5) is 9.18 Å². The molecule has 3 rings (SSSR count). The molecule has 0 heterocycles. The maximum atomic E-state index is 13.2. The molecule has 2 amide bonds. The molecular weight excluding hydrogens is 319 g/mol. The topological polar surface area (TPSA) is 61.4 Å². The number of hydrogen-bond acceptors (Lipinski definition) is 2. The predicted molar refractivity (Wildman–Crippen MR) is 94.5 cm³/mol. The predicted octanol–water partition coefficient (Wildman–Crippen LogP) is 3.62. The lowest BCUT2D eigenvalue weighted by Gasteiger charge is -2.20. The Morgan fingerprint density at radius 1 is 1.20 bits per heavy atom. The van der Waals surface area contributed by atoms with Crippen molar-refractivity contribution in [2.45, 2.75) is 31.9 Å². The standard InChI is InChI=1S/C20H23FN2O2/c1-13-5-7-14(8-6-13)19(15-9-10-15)23-20(25)22-12-18(24)16-3-2-4-17(21)11-16/h2-8,11,15,18-19,24H,9-10,12H2,1H3,(H2,22,23,25). The molecule has 0 bridgehead atoms. The molecule has 5 heteroatoms. The largest absolute Gasteiger partial charge is 0.387 e. The Kier molecular flexibility index (Phi) is 5.34. The molecular formula is C20H23FN2O2. The molecule has 0 spiro atoms. The summed E-state index contributed by atoms with van der Waals surface area (Å²) in [6.45, 7) is 2.06. The van der Waals surface area contributed by atoms with Gasteiger partial charge in [-0.05, 0) is 48.9 Å². The third-order valence-corrected chi connectivity index (χ3v) is 4.51. The van der Waals surface area contributed by atoms with E-state index in [1.54, 1.807) is 6.07 Å². The van der Waals surface area contributed by atoms with E-state index in [4.69, 9.17) is 0 Å². The van der Waals surface area contributed by atoms with Crippen molar-refractivity contribution in [3.05, 3.63) is 71.0 Å². The first-order valence-corrected chi connectivity index (χ1v) is 8.57. The van der Waals surface area contributed by atoms with E-state index in [2.05, 4.69) is 10.6 Å². The van der Waals surface area contributed by atoms with Crippen LogP contribution in [-0.2, 0) is 0 Å². The minimum atomic E-state index is -0.944. The number of halogens is 1. The van der Waals surface area contributed by atoms with Gasteiger partial charge in [0.05, 0.1) is 12.1 Å². The van der Waals surface area contributed by atoms with Gasteiger partial charge in [0.15, 0.2) is 0 Å². The number of hydrogen-bond donors (Lipinski definition) is 3. The van der Waals surface area contributed by atoms with Gasteiger partial charge in [0, 0.05) is 6.54 Å². The molecule has 0 aromatic heterocycles. The summed E-state index contributed by atoms with van der Waals surface area (Å²) in [6.07, 6.45) is 1.26. The first-order chi connectivity index (χ1) is 12.0. The molecule has 3 N–H and O–H groups in total. The lowest BCUT2D eigenvalue weighted by Crippen LogP contribution is -2.40. The van der Waals surface area contributed by atoms with Crippen LogP contribution in [0.25, 0.3) is 0 Å². The van der Waals surface area contributed by atoms with E-state index in [1.807, 2.05) is 31.2 Å². The van der Waals surface area contributed by atoms with Crippen molar-refractivity contribution in [3.63, 3.8) is 0 Å². The number of benzene rings is 2. The second-order valence-electron chi connectivity index (χ2n) is 6.65. The Morgan fingerprint density at radius 2 is 1.92 bits per heavy atom. The Balaban J connectivity index is 1.56. The summed E-state index contributed by atoms with van der Waals surface area (Å²) >= 11 is 0. The fraction of sp³-hybridized carbons (Fsp3) is 0.350. The summed E-state index contributed by atoms with van der Waals surface area (Å²) in [5.41, 5.74) is 2.72. The van der Waals surface area contributed by atoms with Crippen molar-refractivity contribution >= 4 is 6.03 Å². The number of nitrogens with one attached hydrogen (secondary N) is 2. The number of urea groups is 1. The molecule has 2 aromatic rings. The third kappa shape index (κ3) is 4.79. The Morgan fingerprint density at radius 3 is 2.56 bits per heavy atom. The number of amides is 2. The van der Waals surface area contributed by atoms with E-state index in [0.717, 1.165) is 18.4 Å². The SMILES string of the molecule is Cc1ccc(C(NC(=O)NCC(O)c2cccc(F)c2)C2CC2)cc1. The minimum absolute atomic E-state index is 0.0214. The number of aliphatic hydroxyl groups is 1. The van der Waals surface area contributed by atoms with Crippen LogP contribution in [0.5, 0.6) is 0 Å². The zero-order chi connectivity index (χ0) is 17.8. The first kappa shape index (κ1) is 17.4. The summed E-state index contributed by atoms with van der Waals surface area (Å²) in [5.74, 6) is 0.0516. The molecule has 0 radical (unpaired) electrons. The molecule has 1 saturated carbocycles. The zero-order valence-corrected chi connectivity index (χ0v) is 14.2. The van der Waals surface area contributed by atoms with Gasteiger partial charge in [-0.2, -0.15) is 0 Å². The Bertz CT molecular complexity index is 729. The molecule has 2 unspecified atom stereocenters. The lowest BCUT2D eigenvalue weighted by molar-refractivity contribution is 0.172. The van der Waals surface area contributed by atoms with Gasteiger partial charge >= 0.3 is 6.03 Å². The molecule has 2 aromatic carbocycles. The zero-order valence-electron chi connectivity index (χ0n) is 14.2. The normalized spacial score (nSPS) is 16.1. The van der Waals surface area contributed by atoms with Crippen molar-refractivity contribution in [1.82, 2.24) is 10.6 Å². The maximum Gasteiger partial charge on any atom is 0.315 e. The smallest absolute Gasteiger partial charge is 0.315 e. The number of aryl methyl sites for hydroxylation is 1. The van der Waals surface area contributed by atoms with E-state index >= 15 is 0 Å². The Labute approximate surface area is 147 Å². The van der Waals surface area contributed by atoms with Gasteiger partial charge in [-0.15, -0.1) is 0 Å². The molecule has 4 nitrogen and oxygen atoms in total. The summed E-state index contributed by atoms with van der Waals surface area (Å²) in [7, 11) is 0. The molecule has 1 aliphatic carbocycles. The van der Waals surface area contributed by atoms with Crippen LogP contribution in [0.2, 0.25) is 0 Å². The number of carbonyl (C=O) groups is 1. The van der Waals surface area contributed by atoms with Crippen LogP contribution in [-0.4, -0.2) is 17.7 Å². The second-order valence-corrected chi connectivity index (χ2v) is 6.65. The van der Waals surface area contributed by atoms with Gasteiger partial charge in [-0.3, -0.25) is 0 Å². The van der Waals surface area contributed by atoms with Crippen LogP contribution in [0, 0.1) is 18.7 Å². The van der Waals surface area contributed by atoms with Crippen molar-refractivity contribution in [2.24, 2.45) is 5.92 Å². The molecule has 2 atom stereocenters. The van der Waals surface area contributed by atoms with Crippen molar-refractivity contribution in [2.75, 3.05) is 6.54 Å². The average molecular weight is 342 g/mol. The maximum absolute atomic E-state index is 13.2. The summed E-state index contributed by atoms with van der Waals surface area (Å²) in [6, 6.07) is 13.6. The van der Waals surface area contributed by atoms with Gasteiger partial charge in [-0.25, -0.2) is 9.18 Å². The molecule has 1 fully saturated rings.